The number of rotatable bonds is 6. The first-order valence-electron chi connectivity index (χ1n) is 10.5. The fourth-order valence-corrected chi connectivity index (χ4v) is 3.77. The first-order chi connectivity index (χ1) is 15.5. The molecule has 1 fully saturated rings. The van der Waals surface area contributed by atoms with Gasteiger partial charge in [0, 0.05) is 29.2 Å². The maximum Gasteiger partial charge on any atom is 0.255 e. The summed E-state index contributed by atoms with van der Waals surface area (Å²) >= 11 is 6.19. The SMILES string of the molecule is Cc1ccc(-c2noc(C3CC3)n2)cc1-n1cc(C(=O)NCc2ccccc2Cl)c(C)n1. The molecule has 1 aliphatic carbocycles. The second-order valence-corrected chi connectivity index (χ2v) is 8.49. The highest BCUT2D eigenvalue weighted by molar-refractivity contribution is 6.31. The molecule has 0 atom stereocenters. The molecular formula is C24H22ClN5O2. The lowest BCUT2D eigenvalue weighted by Crippen LogP contribution is -2.23. The summed E-state index contributed by atoms with van der Waals surface area (Å²) in [7, 11) is 0. The Balaban J connectivity index is 1.39. The summed E-state index contributed by atoms with van der Waals surface area (Å²) in [6, 6.07) is 13.4. The smallest absolute Gasteiger partial charge is 0.255 e. The number of benzene rings is 2. The number of aromatic nitrogens is 4. The van der Waals surface area contributed by atoms with Crippen LogP contribution >= 0.6 is 11.6 Å². The molecule has 0 radical (unpaired) electrons. The van der Waals surface area contributed by atoms with E-state index >= 15 is 0 Å². The van der Waals surface area contributed by atoms with Crippen molar-refractivity contribution in [1.29, 1.82) is 0 Å². The molecule has 0 spiro atoms. The Morgan fingerprint density at radius 3 is 2.81 bits per heavy atom. The summed E-state index contributed by atoms with van der Waals surface area (Å²) in [5.41, 5.74) is 4.74. The molecule has 1 aliphatic rings. The Morgan fingerprint density at radius 2 is 2.03 bits per heavy atom. The topological polar surface area (TPSA) is 85.8 Å². The Labute approximate surface area is 190 Å². The molecule has 7 nitrogen and oxygen atoms in total. The van der Waals surface area contributed by atoms with Gasteiger partial charge in [0.2, 0.25) is 11.7 Å². The molecule has 2 aromatic carbocycles. The monoisotopic (exact) mass is 447 g/mol. The van der Waals surface area contributed by atoms with Gasteiger partial charge in [-0.1, -0.05) is 47.1 Å². The largest absolute Gasteiger partial charge is 0.348 e. The van der Waals surface area contributed by atoms with Crippen molar-refractivity contribution >= 4 is 17.5 Å². The van der Waals surface area contributed by atoms with Crippen molar-refractivity contribution < 1.29 is 9.32 Å². The second kappa shape index (κ2) is 8.24. The number of aryl methyl sites for hydroxylation is 2. The second-order valence-electron chi connectivity index (χ2n) is 8.08. The minimum absolute atomic E-state index is 0.199. The summed E-state index contributed by atoms with van der Waals surface area (Å²) in [5, 5.41) is 12.3. The summed E-state index contributed by atoms with van der Waals surface area (Å²) in [5.74, 6) is 1.47. The molecule has 1 amide bonds. The van der Waals surface area contributed by atoms with Crippen molar-refractivity contribution in [3.63, 3.8) is 0 Å². The van der Waals surface area contributed by atoms with Crippen molar-refractivity contribution in [3.8, 4) is 17.1 Å². The van der Waals surface area contributed by atoms with E-state index in [0.29, 0.717) is 40.5 Å². The Hall–Kier alpha value is -3.45. The third-order valence-electron chi connectivity index (χ3n) is 5.62. The molecule has 0 aliphatic heterocycles. The number of hydrogen-bond acceptors (Lipinski definition) is 5. The molecule has 2 aromatic heterocycles. The van der Waals surface area contributed by atoms with Crippen molar-refractivity contribution in [2.75, 3.05) is 0 Å². The normalized spacial score (nSPS) is 13.3. The van der Waals surface area contributed by atoms with E-state index < -0.39 is 0 Å². The maximum atomic E-state index is 12.8. The molecule has 5 rings (SSSR count). The van der Waals surface area contributed by atoms with Gasteiger partial charge in [0.05, 0.1) is 16.9 Å². The van der Waals surface area contributed by atoms with Crippen LogP contribution in [0, 0.1) is 13.8 Å². The standard InChI is InChI=1S/C24H22ClN5O2/c1-14-7-8-17(22-27-24(32-29-22)16-9-10-16)11-21(14)30-13-19(15(2)28-30)23(31)26-12-18-5-3-4-6-20(18)25/h3-8,11,13,16H,9-10,12H2,1-2H3,(H,26,31). The van der Waals surface area contributed by atoms with Crippen LogP contribution in [0.2, 0.25) is 5.02 Å². The van der Waals surface area contributed by atoms with Gasteiger partial charge in [0.25, 0.3) is 5.91 Å². The first kappa shape index (κ1) is 20.5. The zero-order valence-corrected chi connectivity index (χ0v) is 18.6. The van der Waals surface area contributed by atoms with E-state index in [4.69, 9.17) is 16.1 Å². The third kappa shape index (κ3) is 4.03. The fourth-order valence-electron chi connectivity index (χ4n) is 3.56. The van der Waals surface area contributed by atoms with Gasteiger partial charge in [-0.2, -0.15) is 10.1 Å². The molecule has 0 unspecified atom stereocenters. The fraction of sp³-hybridized carbons (Fsp3) is 0.250. The number of nitrogens with one attached hydrogen (secondary N) is 1. The third-order valence-corrected chi connectivity index (χ3v) is 5.99. The van der Waals surface area contributed by atoms with E-state index in [0.717, 1.165) is 35.2 Å². The highest BCUT2D eigenvalue weighted by atomic mass is 35.5. The van der Waals surface area contributed by atoms with Crippen LogP contribution in [-0.4, -0.2) is 25.8 Å². The molecule has 1 saturated carbocycles. The van der Waals surface area contributed by atoms with Gasteiger partial charge < -0.3 is 9.84 Å². The first-order valence-corrected chi connectivity index (χ1v) is 10.9. The van der Waals surface area contributed by atoms with Crippen LogP contribution in [0.1, 0.15) is 51.8 Å². The molecule has 32 heavy (non-hydrogen) atoms. The average Bonchev–Trinajstić information content (AvgIpc) is 3.39. The predicted molar refractivity (Wildman–Crippen MR) is 121 cm³/mol. The number of hydrogen-bond donors (Lipinski definition) is 1. The number of halogens is 1. The predicted octanol–water partition coefficient (Wildman–Crippen LogP) is 5.00. The van der Waals surface area contributed by atoms with E-state index in [-0.39, 0.29) is 5.91 Å². The summed E-state index contributed by atoms with van der Waals surface area (Å²) in [6.07, 6.45) is 3.96. The minimum Gasteiger partial charge on any atom is -0.348 e. The highest BCUT2D eigenvalue weighted by Crippen LogP contribution is 2.39. The van der Waals surface area contributed by atoms with Gasteiger partial charge in [-0.15, -0.1) is 0 Å². The molecule has 8 heteroatoms. The number of carbonyl (C=O) groups excluding carboxylic acids is 1. The van der Waals surface area contributed by atoms with Gasteiger partial charge in [-0.3, -0.25) is 4.79 Å². The van der Waals surface area contributed by atoms with E-state index in [1.54, 1.807) is 16.9 Å². The average molecular weight is 448 g/mol. The van der Waals surface area contributed by atoms with Crippen LogP contribution in [0.25, 0.3) is 17.1 Å². The van der Waals surface area contributed by atoms with Crippen LogP contribution in [0.5, 0.6) is 0 Å². The van der Waals surface area contributed by atoms with E-state index in [2.05, 4.69) is 20.6 Å². The van der Waals surface area contributed by atoms with E-state index in [1.165, 1.54) is 0 Å². The zero-order chi connectivity index (χ0) is 22.2. The van der Waals surface area contributed by atoms with Gasteiger partial charge >= 0.3 is 0 Å². The van der Waals surface area contributed by atoms with Crippen molar-refractivity contribution in [2.24, 2.45) is 0 Å². The molecule has 4 aromatic rings. The lowest BCUT2D eigenvalue weighted by atomic mass is 10.1. The van der Waals surface area contributed by atoms with Gasteiger partial charge in [0.1, 0.15) is 0 Å². The minimum atomic E-state index is -0.199. The van der Waals surface area contributed by atoms with Crippen molar-refractivity contribution in [1.82, 2.24) is 25.2 Å². The zero-order valence-electron chi connectivity index (χ0n) is 17.8. The Kier molecular flexibility index (Phi) is 5.27. The molecule has 2 heterocycles. The molecule has 162 valence electrons. The number of amides is 1. The summed E-state index contributed by atoms with van der Waals surface area (Å²) in [6.45, 7) is 4.17. The van der Waals surface area contributed by atoms with Crippen LogP contribution in [-0.2, 0) is 6.54 Å². The Morgan fingerprint density at radius 1 is 1.22 bits per heavy atom. The Bertz CT molecular complexity index is 1310. The maximum absolute atomic E-state index is 12.8. The summed E-state index contributed by atoms with van der Waals surface area (Å²) in [4.78, 5) is 17.3. The molecule has 0 saturated heterocycles. The molecule has 1 N–H and O–H groups in total. The van der Waals surface area contributed by atoms with Crippen LogP contribution in [0.3, 0.4) is 0 Å². The van der Waals surface area contributed by atoms with E-state index in [1.807, 2.05) is 50.2 Å². The summed E-state index contributed by atoms with van der Waals surface area (Å²) < 4.78 is 7.12. The number of nitrogens with zero attached hydrogens (tertiary/aromatic N) is 4. The van der Waals surface area contributed by atoms with Crippen LogP contribution < -0.4 is 5.32 Å². The molecular weight excluding hydrogens is 426 g/mol. The van der Waals surface area contributed by atoms with Crippen molar-refractivity contribution in [2.45, 2.75) is 39.2 Å². The molecule has 0 bridgehead atoms. The quantitative estimate of drug-likeness (QED) is 0.449. The lowest BCUT2D eigenvalue weighted by molar-refractivity contribution is 0.0950. The van der Waals surface area contributed by atoms with Crippen molar-refractivity contribution in [3.05, 3.63) is 82.0 Å². The van der Waals surface area contributed by atoms with Gasteiger partial charge in [-0.05, 0) is 49.9 Å². The van der Waals surface area contributed by atoms with E-state index in [9.17, 15) is 4.79 Å². The van der Waals surface area contributed by atoms with Gasteiger partial charge in [0.15, 0.2) is 0 Å². The number of carbonyl (C=O) groups is 1. The van der Waals surface area contributed by atoms with Crippen LogP contribution in [0.15, 0.2) is 53.2 Å². The van der Waals surface area contributed by atoms with Crippen LogP contribution in [0.4, 0.5) is 0 Å². The lowest BCUT2D eigenvalue weighted by Gasteiger charge is -2.07. The van der Waals surface area contributed by atoms with Gasteiger partial charge in [-0.25, -0.2) is 4.68 Å². The highest BCUT2D eigenvalue weighted by Gasteiger charge is 2.29.